The normalized spacial score (nSPS) is 15.1. The summed E-state index contributed by atoms with van der Waals surface area (Å²) in [6.45, 7) is 0.0673. The van der Waals surface area contributed by atoms with Crippen LogP contribution in [0.25, 0.3) is 0 Å². The van der Waals surface area contributed by atoms with Crippen molar-refractivity contribution in [1.82, 2.24) is 0 Å². The van der Waals surface area contributed by atoms with Gasteiger partial charge in [0, 0.05) is 6.07 Å². The van der Waals surface area contributed by atoms with Crippen LogP contribution in [0.15, 0.2) is 36.4 Å². The maximum atomic E-state index is 12.5. The summed E-state index contributed by atoms with van der Waals surface area (Å²) in [7, 11) is 2.65. The fraction of sp³-hybridized carbons (Fsp3) is 0.222. The van der Waals surface area contributed by atoms with Crippen LogP contribution in [-0.4, -0.2) is 38.8 Å². The van der Waals surface area contributed by atoms with E-state index in [4.69, 9.17) is 25.8 Å². The molecule has 2 aromatic rings. The van der Waals surface area contributed by atoms with Crippen LogP contribution in [0.2, 0.25) is 5.02 Å². The van der Waals surface area contributed by atoms with Crippen LogP contribution in [0.5, 0.6) is 17.2 Å². The van der Waals surface area contributed by atoms with E-state index >= 15 is 0 Å². The number of hydrogen-bond acceptors (Lipinski definition) is 6. The second kappa shape index (κ2) is 7.53. The Hall–Kier alpha value is -2.93. The number of amides is 1. The van der Waals surface area contributed by atoms with E-state index in [1.54, 1.807) is 18.2 Å². The Bertz CT molecular complexity index is 854. The van der Waals surface area contributed by atoms with Gasteiger partial charge >= 0.3 is 5.97 Å². The Balaban J connectivity index is 1.78. The molecule has 0 bridgehead atoms. The summed E-state index contributed by atoms with van der Waals surface area (Å²) in [4.78, 5) is 24.3. The molecule has 0 saturated carbocycles. The number of esters is 1. The second-order valence-corrected chi connectivity index (χ2v) is 5.78. The zero-order valence-electron chi connectivity index (χ0n) is 14.1. The number of methoxy groups -OCH3 is 2. The van der Waals surface area contributed by atoms with E-state index in [0.29, 0.717) is 11.5 Å². The number of nitrogens with one attached hydrogen (secondary N) is 1. The van der Waals surface area contributed by atoms with Gasteiger partial charge in [0.2, 0.25) is 6.10 Å². The van der Waals surface area contributed by atoms with Gasteiger partial charge in [-0.15, -0.1) is 0 Å². The third-order valence-corrected chi connectivity index (χ3v) is 4.07. The predicted octanol–water partition coefficient (Wildman–Crippen LogP) is 2.91. The minimum atomic E-state index is -0.841. The van der Waals surface area contributed by atoms with Crippen molar-refractivity contribution < 1.29 is 28.5 Å². The molecule has 8 heteroatoms. The van der Waals surface area contributed by atoms with Crippen LogP contribution in [-0.2, 0) is 9.53 Å². The summed E-state index contributed by atoms with van der Waals surface area (Å²) < 4.78 is 21.0. The highest BCUT2D eigenvalue weighted by Crippen LogP contribution is 2.33. The number of rotatable bonds is 4. The first-order chi connectivity index (χ1) is 12.5. The van der Waals surface area contributed by atoms with Gasteiger partial charge in [-0.05, 0) is 18.2 Å². The molecule has 3 rings (SSSR count). The van der Waals surface area contributed by atoms with Crippen LogP contribution in [0.1, 0.15) is 10.4 Å². The third-order valence-electron chi connectivity index (χ3n) is 3.75. The SMILES string of the molecule is COC(=O)c1cc(Cl)c(NC(=O)[C@@H]2COc3ccccc3O2)cc1OC. The molecule has 1 aliphatic heterocycles. The first-order valence-electron chi connectivity index (χ1n) is 7.68. The van der Waals surface area contributed by atoms with Gasteiger partial charge in [0.15, 0.2) is 11.5 Å². The molecule has 0 radical (unpaired) electrons. The van der Waals surface area contributed by atoms with Gasteiger partial charge < -0.3 is 24.3 Å². The fourth-order valence-electron chi connectivity index (χ4n) is 2.45. The second-order valence-electron chi connectivity index (χ2n) is 5.38. The number of halogens is 1. The van der Waals surface area contributed by atoms with Crippen molar-refractivity contribution in [1.29, 1.82) is 0 Å². The van der Waals surface area contributed by atoms with E-state index in [0.717, 1.165) is 0 Å². The highest BCUT2D eigenvalue weighted by atomic mass is 35.5. The van der Waals surface area contributed by atoms with Gasteiger partial charge in [0.05, 0.1) is 24.9 Å². The Labute approximate surface area is 154 Å². The first-order valence-corrected chi connectivity index (χ1v) is 8.06. The molecule has 0 unspecified atom stereocenters. The number of carbonyl (C=O) groups excluding carboxylic acids is 2. The first kappa shape index (κ1) is 17.9. The molecular weight excluding hydrogens is 362 g/mol. The summed E-state index contributed by atoms with van der Waals surface area (Å²) >= 11 is 6.17. The molecule has 26 heavy (non-hydrogen) atoms. The molecule has 0 fully saturated rings. The number of ether oxygens (including phenoxy) is 4. The molecule has 7 nitrogen and oxygen atoms in total. The topological polar surface area (TPSA) is 83.1 Å². The average molecular weight is 378 g/mol. The van der Waals surface area contributed by atoms with Crippen LogP contribution >= 0.6 is 11.6 Å². The molecule has 0 spiro atoms. The lowest BCUT2D eigenvalue weighted by molar-refractivity contribution is -0.125. The van der Waals surface area contributed by atoms with Crippen LogP contribution in [0.4, 0.5) is 5.69 Å². The number of anilines is 1. The number of benzene rings is 2. The fourth-order valence-corrected chi connectivity index (χ4v) is 2.66. The van der Waals surface area contributed by atoms with Gasteiger partial charge in [-0.1, -0.05) is 23.7 Å². The number of para-hydroxylation sites is 2. The highest BCUT2D eigenvalue weighted by Gasteiger charge is 2.28. The maximum Gasteiger partial charge on any atom is 0.341 e. The molecule has 136 valence electrons. The van der Waals surface area contributed by atoms with Crippen molar-refractivity contribution in [3.05, 3.63) is 47.0 Å². The van der Waals surface area contributed by atoms with Crippen LogP contribution in [0.3, 0.4) is 0 Å². The van der Waals surface area contributed by atoms with Crippen molar-refractivity contribution >= 4 is 29.2 Å². The Kier molecular flexibility index (Phi) is 5.18. The Morgan fingerprint density at radius 1 is 1.19 bits per heavy atom. The van der Waals surface area contributed by atoms with Crippen LogP contribution < -0.4 is 19.5 Å². The van der Waals surface area contributed by atoms with Crippen LogP contribution in [0, 0.1) is 0 Å². The van der Waals surface area contributed by atoms with Gasteiger partial charge in [-0.3, -0.25) is 4.79 Å². The van der Waals surface area contributed by atoms with E-state index in [1.807, 2.05) is 6.07 Å². The minimum Gasteiger partial charge on any atom is -0.496 e. The largest absolute Gasteiger partial charge is 0.496 e. The zero-order chi connectivity index (χ0) is 18.7. The molecule has 1 N–H and O–H groups in total. The molecule has 1 amide bonds. The van der Waals surface area contributed by atoms with E-state index in [9.17, 15) is 9.59 Å². The molecule has 1 aliphatic rings. The standard InChI is InChI=1S/C18H16ClNO6/c1-23-15-8-12(11(19)7-10(15)18(22)24-2)20-17(21)16-9-25-13-5-3-4-6-14(13)26-16/h3-8,16H,9H2,1-2H3,(H,20,21)/t16-/m0/s1. The van der Waals surface area contributed by atoms with Gasteiger partial charge in [0.1, 0.15) is 17.9 Å². The van der Waals surface area contributed by atoms with E-state index in [-0.39, 0.29) is 28.6 Å². The number of fused-ring (bicyclic) bond motifs is 1. The summed E-state index contributed by atoms with van der Waals surface area (Å²) in [5, 5.41) is 2.83. The monoisotopic (exact) mass is 377 g/mol. The van der Waals surface area contributed by atoms with E-state index < -0.39 is 18.0 Å². The van der Waals surface area contributed by atoms with Crippen molar-refractivity contribution in [2.75, 3.05) is 26.1 Å². The predicted molar refractivity (Wildman–Crippen MR) is 94.3 cm³/mol. The third kappa shape index (κ3) is 3.52. The average Bonchev–Trinajstić information content (AvgIpc) is 2.68. The number of hydrogen-bond donors (Lipinski definition) is 1. The Morgan fingerprint density at radius 2 is 1.92 bits per heavy atom. The lowest BCUT2D eigenvalue weighted by Crippen LogP contribution is -2.40. The van der Waals surface area contributed by atoms with E-state index in [2.05, 4.69) is 10.1 Å². The van der Waals surface area contributed by atoms with Crippen molar-refractivity contribution in [2.45, 2.75) is 6.10 Å². The molecule has 0 aliphatic carbocycles. The smallest absolute Gasteiger partial charge is 0.341 e. The highest BCUT2D eigenvalue weighted by molar-refractivity contribution is 6.34. The van der Waals surface area contributed by atoms with Gasteiger partial charge in [0.25, 0.3) is 5.91 Å². The van der Waals surface area contributed by atoms with Gasteiger partial charge in [-0.2, -0.15) is 0 Å². The van der Waals surface area contributed by atoms with Crippen molar-refractivity contribution in [2.24, 2.45) is 0 Å². The molecular formula is C18H16ClNO6. The zero-order valence-corrected chi connectivity index (χ0v) is 14.8. The molecule has 0 aromatic heterocycles. The lowest BCUT2D eigenvalue weighted by Gasteiger charge is -2.25. The maximum absolute atomic E-state index is 12.5. The summed E-state index contributed by atoms with van der Waals surface area (Å²) in [6, 6.07) is 9.90. The quantitative estimate of drug-likeness (QED) is 0.825. The number of carbonyl (C=O) groups is 2. The molecule has 0 saturated heterocycles. The summed E-state index contributed by atoms with van der Waals surface area (Å²) in [6.07, 6.45) is -0.841. The minimum absolute atomic E-state index is 0.0673. The Morgan fingerprint density at radius 3 is 2.62 bits per heavy atom. The van der Waals surface area contributed by atoms with E-state index in [1.165, 1.54) is 26.4 Å². The summed E-state index contributed by atoms with van der Waals surface area (Å²) in [5.41, 5.74) is 0.438. The van der Waals surface area contributed by atoms with Crippen molar-refractivity contribution in [3.8, 4) is 17.2 Å². The lowest BCUT2D eigenvalue weighted by atomic mass is 10.1. The molecule has 1 atom stereocenters. The molecule has 2 aromatic carbocycles. The molecule has 1 heterocycles. The van der Waals surface area contributed by atoms with Gasteiger partial charge in [-0.25, -0.2) is 4.79 Å². The summed E-state index contributed by atoms with van der Waals surface area (Å²) in [5.74, 6) is 0.265. The van der Waals surface area contributed by atoms with Crippen molar-refractivity contribution in [3.63, 3.8) is 0 Å².